The molecular formula is C40H28BrClFN3O6. The molecule has 3 fully saturated rings. The van der Waals surface area contributed by atoms with Gasteiger partial charge in [0.25, 0.3) is 0 Å². The van der Waals surface area contributed by atoms with E-state index in [2.05, 4.69) is 20.9 Å². The lowest BCUT2D eigenvalue weighted by molar-refractivity contribution is -0.131. The molecule has 2 aliphatic heterocycles. The standard InChI is InChI=1S/C40H28BrClFN3O6/c1-40-27(37(49)46(39(40)51)22-11-14-29(43)28(42)17-22)18-25-23(34(40)26-16-20(41)8-15-31(26)47)12-13-24-33(25)38(50)45(36(24)48)21-9-6-19(7-10-21)35-44-30-4-2-3-5-32(30)52-35/h2-12,14-17,24-25,27,33-34,47H,13,18H2,1H3/t24-,25+,27-,33-,34+,40+/m0/s1. The molecule has 2 saturated heterocycles. The topological polar surface area (TPSA) is 121 Å². The monoisotopic (exact) mass is 779 g/mol. The maximum Gasteiger partial charge on any atom is 0.241 e. The maximum absolute atomic E-state index is 14.6. The van der Waals surface area contributed by atoms with Crippen LogP contribution < -0.4 is 9.80 Å². The number of aromatic nitrogens is 1. The fourth-order valence-corrected chi connectivity index (χ4v) is 9.54. The van der Waals surface area contributed by atoms with Gasteiger partial charge in [-0.2, -0.15) is 0 Å². The summed E-state index contributed by atoms with van der Waals surface area (Å²) in [6.07, 6.45) is 2.27. The molecule has 4 amide bonds. The number of phenolic OH excluding ortho intramolecular Hbond substituents is 1. The van der Waals surface area contributed by atoms with E-state index >= 15 is 0 Å². The minimum Gasteiger partial charge on any atom is -0.508 e. The molecule has 9 rings (SSSR count). The van der Waals surface area contributed by atoms with Crippen LogP contribution in [0.5, 0.6) is 5.75 Å². The zero-order valence-corrected chi connectivity index (χ0v) is 29.8. The molecule has 0 radical (unpaired) electrons. The van der Waals surface area contributed by atoms with Crippen molar-refractivity contribution < 1.29 is 33.1 Å². The summed E-state index contributed by atoms with van der Waals surface area (Å²) in [6, 6.07) is 22.9. The molecule has 2 aliphatic carbocycles. The number of hydrogen-bond acceptors (Lipinski definition) is 7. The number of oxazole rings is 1. The van der Waals surface area contributed by atoms with Crippen molar-refractivity contribution in [3.63, 3.8) is 0 Å². The molecule has 1 saturated carbocycles. The highest BCUT2D eigenvalue weighted by Crippen LogP contribution is 2.64. The van der Waals surface area contributed by atoms with E-state index in [9.17, 15) is 28.7 Å². The van der Waals surface area contributed by atoms with E-state index in [1.54, 1.807) is 43.3 Å². The third-order valence-electron chi connectivity index (χ3n) is 11.4. The Labute approximate surface area is 309 Å². The van der Waals surface area contributed by atoms with E-state index in [0.717, 1.165) is 16.5 Å². The van der Waals surface area contributed by atoms with E-state index in [0.29, 0.717) is 38.3 Å². The normalized spacial score (nSPS) is 26.8. The van der Waals surface area contributed by atoms with Crippen LogP contribution in [0.15, 0.2) is 105 Å². The number of imide groups is 2. The molecule has 12 heteroatoms. The van der Waals surface area contributed by atoms with Crippen molar-refractivity contribution in [3.8, 4) is 17.2 Å². The number of aromatic hydroxyl groups is 1. The number of carbonyl (C=O) groups is 4. The molecule has 9 nitrogen and oxygen atoms in total. The maximum atomic E-state index is 14.6. The molecule has 5 aromatic rings. The van der Waals surface area contributed by atoms with Crippen LogP contribution in [0.2, 0.25) is 5.02 Å². The summed E-state index contributed by atoms with van der Waals surface area (Å²) in [6.45, 7) is 1.71. The van der Waals surface area contributed by atoms with Gasteiger partial charge in [0.15, 0.2) is 5.58 Å². The number of carbonyl (C=O) groups excluding carboxylic acids is 4. The van der Waals surface area contributed by atoms with Crippen LogP contribution in [0.3, 0.4) is 0 Å². The smallest absolute Gasteiger partial charge is 0.241 e. The number of para-hydroxylation sites is 2. The molecule has 52 heavy (non-hydrogen) atoms. The van der Waals surface area contributed by atoms with Crippen LogP contribution in [0.4, 0.5) is 15.8 Å². The molecule has 260 valence electrons. The number of benzene rings is 4. The Hall–Kier alpha value is -5.13. The fourth-order valence-electron chi connectivity index (χ4n) is 8.99. The van der Waals surface area contributed by atoms with Gasteiger partial charge >= 0.3 is 0 Å². The Balaban J connectivity index is 1.11. The Bertz CT molecular complexity index is 2400. The Kier molecular flexibility index (Phi) is 7.37. The number of allylic oxidation sites excluding steroid dienone is 2. The molecule has 1 aromatic heterocycles. The van der Waals surface area contributed by atoms with Crippen molar-refractivity contribution in [2.24, 2.45) is 29.1 Å². The number of amides is 4. The summed E-state index contributed by atoms with van der Waals surface area (Å²) in [7, 11) is 0. The predicted molar refractivity (Wildman–Crippen MR) is 194 cm³/mol. The van der Waals surface area contributed by atoms with Gasteiger partial charge in [-0.1, -0.05) is 51.3 Å². The molecule has 0 unspecified atom stereocenters. The third kappa shape index (κ3) is 4.61. The molecule has 4 aromatic carbocycles. The number of fused-ring (bicyclic) bond motifs is 5. The second kappa shape index (κ2) is 11.7. The van der Waals surface area contributed by atoms with Crippen LogP contribution in [0.1, 0.15) is 31.2 Å². The summed E-state index contributed by atoms with van der Waals surface area (Å²) in [4.78, 5) is 64.4. The average molecular weight is 781 g/mol. The van der Waals surface area contributed by atoms with E-state index in [4.69, 9.17) is 16.0 Å². The van der Waals surface area contributed by atoms with Crippen LogP contribution in [0.25, 0.3) is 22.6 Å². The average Bonchev–Trinajstić information content (AvgIpc) is 3.74. The molecule has 0 spiro atoms. The van der Waals surface area contributed by atoms with Crippen molar-refractivity contribution >= 4 is 73.6 Å². The Morgan fingerprint density at radius 2 is 1.65 bits per heavy atom. The first-order valence-electron chi connectivity index (χ1n) is 16.8. The number of halogens is 3. The number of phenols is 1. The Morgan fingerprint density at radius 3 is 2.40 bits per heavy atom. The second-order valence-electron chi connectivity index (χ2n) is 14.0. The molecule has 3 heterocycles. The second-order valence-corrected chi connectivity index (χ2v) is 15.3. The Morgan fingerprint density at radius 1 is 0.904 bits per heavy atom. The van der Waals surface area contributed by atoms with Crippen molar-refractivity contribution in [3.05, 3.63) is 117 Å². The minimum atomic E-state index is -1.39. The van der Waals surface area contributed by atoms with Gasteiger partial charge in [-0.25, -0.2) is 14.3 Å². The highest BCUT2D eigenvalue weighted by Gasteiger charge is 2.68. The lowest BCUT2D eigenvalue weighted by Crippen LogP contribution is -2.48. The number of anilines is 2. The van der Waals surface area contributed by atoms with Crippen molar-refractivity contribution in [2.75, 3.05) is 9.80 Å². The predicted octanol–water partition coefficient (Wildman–Crippen LogP) is 8.19. The van der Waals surface area contributed by atoms with E-state index in [1.165, 1.54) is 23.1 Å². The zero-order chi connectivity index (χ0) is 36.2. The first-order valence-corrected chi connectivity index (χ1v) is 18.0. The van der Waals surface area contributed by atoms with Crippen molar-refractivity contribution in [2.45, 2.75) is 25.7 Å². The molecular weight excluding hydrogens is 753 g/mol. The van der Waals surface area contributed by atoms with Gasteiger partial charge in [-0.3, -0.25) is 24.1 Å². The summed E-state index contributed by atoms with van der Waals surface area (Å²) in [5.41, 5.74) is 2.32. The van der Waals surface area contributed by atoms with Gasteiger partial charge in [0, 0.05) is 21.5 Å². The number of hydrogen-bond donors (Lipinski definition) is 1. The molecule has 6 atom stereocenters. The van der Waals surface area contributed by atoms with Gasteiger partial charge < -0.3 is 9.52 Å². The SMILES string of the molecule is C[C@@]12C(=O)N(c3ccc(F)c(Cl)c3)C(=O)[C@@H]1C[C@@H]1C(=CC[C@@H]3C(=O)N(c4ccc(-c5nc6ccccc6o5)cc4)C(=O)[C@@H]31)[C@@H]2c1cc(Br)ccc1O. The van der Waals surface area contributed by atoms with E-state index < -0.39 is 52.6 Å². The minimum absolute atomic E-state index is 0.0742. The fraction of sp³-hybridized carbons (Fsp3) is 0.225. The molecule has 1 N–H and O–H groups in total. The van der Waals surface area contributed by atoms with Gasteiger partial charge in [-0.15, -0.1) is 0 Å². The van der Waals surface area contributed by atoms with Crippen molar-refractivity contribution in [1.82, 2.24) is 4.98 Å². The van der Waals surface area contributed by atoms with Gasteiger partial charge in [0.1, 0.15) is 17.1 Å². The summed E-state index contributed by atoms with van der Waals surface area (Å²) >= 11 is 9.59. The van der Waals surface area contributed by atoms with Crippen LogP contribution in [-0.4, -0.2) is 33.7 Å². The molecule has 0 bridgehead atoms. The highest BCUT2D eigenvalue weighted by atomic mass is 79.9. The van der Waals surface area contributed by atoms with Gasteiger partial charge in [0.05, 0.1) is 39.6 Å². The van der Waals surface area contributed by atoms with E-state index in [-0.39, 0.29) is 41.1 Å². The van der Waals surface area contributed by atoms with Crippen LogP contribution >= 0.6 is 27.5 Å². The summed E-state index contributed by atoms with van der Waals surface area (Å²) in [5, 5.41) is 11.0. The number of nitrogens with zero attached hydrogens (tertiary/aromatic N) is 3. The largest absolute Gasteiger partial charge is 0.508 e. The lowest BCUT2D eigenvalue weighted by Gasteiger charge is -2.49. The van der Waals surface area contributed by atoms with Gasteiger partial charge in [0.2, 0.25) is 29.5 Å². The first-order chi connectivity index (χ1) is 25.0. The van der Waals surface area contributed by atoms with Crippen LogP contribution in [0, 0.1) is 34.9 Å². The quantitative estimate of drug-likeness (QED) is 0.144. The van der Waals surface area contributed by atoms with Crippen molar-refractivity contribution in [1.29, 1.82) is 0 Å². The first kappa shape index (κ1) is 32.8. The lowest BCUT2D eigenvalue weighted by atomic mass is 9.51. The zero-order valence-electron chi connectivity index (χ0n) is 27.4. The number of rotatable bonds is 4. The third-order valence-corrected chi connectivity index (χ3v) is 12.2. The van der Waals surface area contributed by atoms with E-state index in [1.807, 2.05) is 30.3 Å². The highest BCUT2D eigenvalue weighted by molar-refractivity contribution is 9.10. The molecule has 4 aliphatic rings. The summed E-state index contributed by atoms with van der Waals surface area (Å²) < 4.78 is 20.7. The van der Waals surface area contributed by atoms with Gasteiger partial charge in [-0.05, 0) is 98.5 Å². The summed E-state index contributed by atoms with van der Waals surface area (Å²) in [5.74, 6) is -5.95. The van der Waals surface area contributed by atoms with Crippen LogP contribution in [-0.2, 0) is 19.2 Å².